The maximum atomic E-state index is 12.6. The average molecular weight is 417 g/mol. The summed E-state index contributed by atoms with van der Waals surface area (Å²) in [7, 11) is -3.73. The molecule has 3 aromatic rings. The second-order valence-corrected chi connectivity index (χ2v) is 8.59. The van der Waals surface area contributed by atoms with Crippen molar-refractivity contribution in [1.82, 2.24) is 9.71 Å². The summed E-state index contributed by atoms with van der Waals surface area (Å²) in [4.78, 5) is 4.12. The van der Waals surface area contributed by atoms with Gasteiger partial charge in [0, 0.05) is 24.0 Å². The fraction of sp³-hybridized carbons (Fsp3) is 0.190. The van der Waals surface area contributed by atoms with Crippen molar-refractivity contribution in [3.63, 3.8) is 0 Å². The van der Waals surface area contributed by atoms with Crippen molar-refractivity contribution in [3.05, 3.63) is 88.7 Å². The van der Waals surface area contributed by atoms with Crippen molar-refractivity contribution >= 4 is 21.6 Å². The maximum absolute atomic E-state index is 12.6. The first-order valence-electron chi connectivity index (χ1n) is 8.75. The predicted octanol–water partition coefficient (Wildman–Crippen LogP) is 4.66. The number of hydrogen-bond donors (Lipinski definition) is 1. The van der Waals surface area contributed by atoms with E-state index < -0.39 is 16.1 Å². The molecule has 0 aliphatic heterocycles. The molecule has 1 heterocycles. The number of aryl methyl sites for hydroxylation is 1. The van der Waals surface area contributed by atoms with Gasteiger partial charge in [-0.05, 0) is 55.3 Å². The molecule has 0 radical (unpaired) electrons. The highest BCUT2D eigenvalue weighted by Crippen LogP contribution is 2.25. The van der Waals surface area contributed by atoms with Crippen molar-refractivity contribution in [1.29, 1.82) is 0 Å². The number of pyridine rings is 1. The summed E-state index contributed by atoms with van der Waals surface area (Å²) in [6, 6.07) is 15.5. The number of benzene rings is 2. The molecule has 0 amide bonds. The highest BCUT2D eigenvalue weighted by Gasteiger charge is 2.21. The minimum absolute atomic E-state index is 0.0723. The van der Waals surface area contributed by atoms with Gasteiger partial charge < -0.3 is 4.74 Å². The molecule has 7 heteroatoms. The van der Waals surface area contributed by atoms with E-state index in [1.54, 1.807) is 31.5 Å². The van der Waals surface area contributed by atoms with Gasteiger partial charge in [-0.2, -0.15) is 0 Å². The fourth-order valence-corrected chi connectivity index (χ4v) is 4.52. The van der Waals surface area contributed by atoms with Gasteiger partial charge >= 0.3 is 0 Å². The molecular formula is C21H21ClN2O3S. The normalized spacial score (nSPS) is 12.5. The summed E-state index contributed by atoms with van der Waals surface area (Å²) < 4.78 is 33.7. The van der Waals surface area contributed by atoms with E-state index in [4.69, 9.17) is 16.3 Å². The highest BCUT2D eigenvalue weighted by molar-refractivity contribution is 7.89. The largest absolute Gasteiger partial charge is 0.489 e. The molecular weight excluding hydrogens is 396 g/mol. The maximum Gasteiger partial charge on any atom is 0.242 e. The first-order valence-corrected chi connectivity index (χ1v) is 10.6. The van der Waals surface area contributed by atoms with E-state index >= 15 is 0 Å². The lowest BCUT2D eigenvalue weighted by molar-refractivity contribution is 0.305. The number of rotatable bonds is 7. The van der Waals surface area contributed by atoms with E-state index in [0.29, 0.717) is 12.4 Å². The first-order chi connectivity index (χ1) is 13.3. The van der Waals surface area contributed by atoms with Gasteiger partial charge in [0.2, 0.25) is 10.0 Å². The molecule has 0 fully saturated rings. The summed E-state index contributed by atoms with van der Waals surface area (Å²) in [5, 5.41) is 0.207. The summed E-state index contributed by atoms with van der Waals surface area (Å²) >= 11 is 6.11. The molecule has 0 aliphatic rings. The molecule has 28 heavy (non-hydrogen) atoms. The van der Waals surface area contributed by atoms with E-state index in [0.717, 1.165) is 16.7 Å². The molecule has 146 valence electrons. The summed E-state index contributed by atoms with van der Waals surface area (Å²) in [5.74, 6) is 0.698. The lowest BCUT2D eigenvalue weighted by atomic mass is 10.1. The Kier molecular flexibility index (Phi) is 6.34. The molecule has 0 aliphatic carbocycles. The first kappa shape index (κ1) is 20.3. The van der Waals surface area contributed by atoms with Crippen LogP contribution in [0, 0.1) is 6.92 Å². The van der Waals surface area contributed by atoms with Crippen LogP contribution < -0.4 is 9.46 Å². The molecule has 0 spiro atoms. The summed E-state index contributed by atoms with van der Waals surface area (Å²) in [6.07, 6.45) is 3.46. The molecule has 1 atom stereocenters. The van der Waals surface area contributed by atoms with Crippen molar-refractivity contribution in [2.45, 2.75) is 31.4 Å². The van der Waals surface area contributed by atoms with Crippen molar-refractivity contribution < 1.29 is 13.2 Å². The third kappa shape index (κ3) is 5.10. The van der Waals surface area contributed by atoms with Gasteiger partial charge in [0.25, 0.3) is 0 Å². The third-order valence-corrected chi connectivity index (χ3v) is 6.24. The number of ether oxygens (including phenoxy) is 1. The zero-order valence-electron chi connectivity index (χ0n) is 15.6. The number of nitrogens with zero attached hydrogens (tertiary/aromatic N) is 1. The van der Waals surface area contributed by atoms with Crippen molar-refractivity contribution in [2.24, 2.45) is 0 Å². The van der Waals surface area contributed by atoms with E-state index in [1.165, 1.54) is 6.07 Å². The number of halogens is 1. The Bertz CT molecular complexity index is 1040. The van der Waals surface area contributed by atoms with E-state index in [1.807, 2.05) is 43.3 Å². The van der Waals surface area contributed by atoms with Crippen LogP contribution in [0.25, 0.3) is 0 Å². The lowest BCUT2D eigenvalue weighted by Gasteiger charge is -2.16. The zero-order chi connectivity index (χ0) is 20.1. The van der Waals surface area contributed by atoms with Crippen LogP contribution in [0.4, 0.5) is 0 Å². The van der Waals surface area contributed by atoms with Crippen LogP contribution in [-0.4, -0.2) is 13.4 Å². The average Bonchev–Trinajstić information content (AvgIpc) is 2.67. The quantitative estimate of drug-likeness (QED) is 0.608. The number of hydrogen-bond acceptors (Lipinski definition) is 4. The van der Waals surface area contributed by atoms with Crippen LogP contribution in [0.15, 0.2) is 71.9 Å². The monoisotopic (exact) mass is 416 g/mol. The third-order valence-electron chi connectivity index (χ3n) is 4.22. The molecule has 1 aromatic heterocycles. The Morgan fingerprint density at radius 3 is 2.54 bits per heavy atom. The van der Waals surface area contributed by atoms with E-state index in [-0.39, 0.29) is 9.92 Å². The molecule has 1 N–H and O–H groups in total. The topological polar surface area (TPSA) is 68.3 Å². The van der Waals surface area contributed by atoms with E-state index in [2.05, 4.69) is 9.71 Å². The summed E-state index contributed by atoms with van der Waals surface area (Å²) in [5.41, 5.74) is 2.70. The lowest BCUT2D eigenvalue weighted by Crippen LogP contribution is -2.27. The molecule has 1 unspecified atom stereocenters. The smallest absolute Gasteiger partial charge is 0.242 e. The molecule has 0 bridgehead atoms. The highest BCUT2D eigenvalue weighted by atomic mass is 35.5. The van der Waals surface area contributed by atoms with Crippen LogP contribution in [0.2, 0.25) is 5.02 Å². The van der Waals surface area contributed by atoms with E-state index in [9.17, 15) is 8.42 Å². The van der Waals surface area contributed by atoms with Crippen LogP contribution in [0.5, 0.6) is 5.75 Å². The molecule has 0 saturated heterocycles. The fourth-order valence-electron chi connectivity index (χ4n) is 2.69. The van der Waals surface area contributed by atoms with Gasteiger partial charge in [0.1, 0.15) is 17.3 Å². The minimum atomic E-state index is -3.73. The minimum Gasteiger partial charge on any atom is -0.489 e. The number of nitrogens with one attached hydrogen (secondary N) is 1. The zero-order valence-corrected chi connectivity index (χ0v) is 17.2. The van der Waals surface area contributed by atoms with Crippen LogP contribution in [0.3, 0.4) is 0 Å². The van der Waals surface area contributed by atoms with Gasteiger partial charge in [0.15, 0.2) is 0 Å². The van der Waals surface area contributed by atoms with Crippen molar-refractivity contribution in [3.8, 4) is 5.75 Å². The standard InChI is InChI=1S/C21H21ClN2O3S/c1-15-5-10-21(20(22)12-15)28(25,26)24-16(2)18-6-8-19(9-7-18)27-14-17-4-3-11-23-13-17/h3-13,16,24H,14H2,1-2H3. The number of sulfonamides is 1. The Balaban J connectivity index is 1.66. The predicted molar refractivity (Wildman–Crippen MR) is 110 cm³/mol. The Hall–Kier alpha value is -2.41. The molecule has 2 aromatic carbocycles. The second kappa shape index (κ2) is 8.73. The van der Waals surface area contributed by atoms with Crippen molar-refractivity contribution in [2.75, 3.05) is 0 Å². The molecule has 5 nitrogen and oxygen atoms in total. The van der Waals surface area contributed by atoms with Gasteiger partial charge in [-0.25, -0.2) is 13.1 Å². The summed E-state index contributed by atoms with van der Waals surface area (Å²) in [6.45, 7) is 4.06. The molecule has 0 saturated carbocycles. The second-order valence-electron chi connectivity index (χ2n) is 6.50. The van der Waals surface area contributed by atoms with Crippen LogP contribution in [0.1, 0.15) is 29.7 Å². The van der Waals surface area contributed by atoms with Gasteiger partial charge in [0.05, 0.1) is 5.02 Å². The van der Waals surface area contributed by atoms with Crippen LogP contribution in [-0.2, 0) is 16.6 Å². The van der Waals surface area contributed by atoms with Crippen LogP contribution >= 0.6 is 11.6 Å². The van der Waals surface area contributed by atoms with Gasteiger partial charge in [-0.1, -0.05) is 35.9 Å². The Morgan fingerprint density at radius 1 is 1.14 bits per heavy atom. The molecule has 3 rings (SSSR count). The van der Waals surface area contributed by atoms with Gasteiger partial charge in [-0.3, -0.25) is 4.98 Å². The Morgan fingerprint density at radius 2 is 1.89 bits per heavy atom. The van der Waals surface area contributed by atoms with Gasteiger partial charge in [-0.15, -0.1) is 0 Å². The SMILES string of the molecule is Cc1ccc(S(=O)(=O)NC(C)c2ccc(OCc3cccnc3)cc2)c(Cl)c1. The Labute approximate surface area is 170 Å². The number of aromatic nitrogens is 1.